The molecule has 4 nitrogen and oxygen atoms in total. The van der Waals surface area contributed by atoms with Crippen molar-refractivity contribution in [2.24, 2.45) is 0 Å². The van der Waals surface area contributed by atoms with Gasteiger partial charge in [-0.25, -0.2) is 4.79 Å². The molecule has 0 saturated carbocycles. The van der Waals surface area contributed by atoms with Crippen LogP contribution in [0.1, 0.15) is 0 Å². The fourth-order valence-corrected chi connectivity index (χ4v) is 0.661. The number of aliphatic hydroxyl groups excluding tert-OH is 1. The summed E-state index contributed by atoms with van der Waals surface area (Å²) in [6, 6.07) is 0. The molecule has 10 heavy (non-hydrogen) atoms. The van der Waals surface area contributed by atoms with Crippen LogP contribution in [0.2, 0.25) is 0 Å². The quantitative estimate of drug-likeness (QED) is 0.480. The summed E-state index contributed by atoms with van der Waals surface area (Å²) in [5, 5.41) is 19.8. The van der Waals surface area contributed by atoms with Crippen LogP contribution < -0.4 is 5.32 Å². The van der Waals surface area contributed by atoms with E-state index < -0.39 is 5.97 Å². The average molecular weight is 141 g/mol. The molecule has 1 aliphatic rings. The van der Waals surface area contributed by atoms with Crippen molar-refractivity contribution < 1.29 is 15.0 Å². The van der Waals surface area contributed by atoms with E-state index in [2.05, 4.69) is 5.32 Å². The van der Waals surface area contributed by atoms with Crippen LogP contribution in [0.25, 0.3) is 0 Å². The largest absolute Gasteiger partial charge is 0.510 e. The van der Waals surface area contributed by atoms with Gasteiger partial charge in [-0.05, 0) is 6.08 Å². The highest BCUT2D eigenvalue weighted by atomic mass is 16.4. The summed E-state index contributed by atoms with van der Waals surface area (Å²) in [5.41, 5.74) is 0.0729. The highest BCUT2D eigenvalue weighted by Crippen LogP contribution is 2.03. The van der Waals surface area contributed by atoms with Crippen molar-refractivity contribution in [2.45, 2.75) is 0 Å². The van der Waals surface area contributed by atoms with Crippen molar-refractivity contribution in [2.75, 3.05) is 6.54 Å². The van der Waals surface area contributed by atoms with Crippen LogP contribution in [-0.2, 0) is 4.79 Å². The maximum absolute atomic E-state index is 10.2. The summed E-state index contributed by atoms with van der Waals surface area (Å²) in [6.45, 7) is 0.302. The monoisotopic (exact) mass is 141 g/mol. The van der Waals surface area contributed by atoms with Gasteiger partial charge in [-0.2, -0.15) is 0 Å². The second-order valence-corrected chi connectivity index (χ2v) is 1.92. The van der Waals surface area contributed by atoms with E-state index in [4.69, 9.17) is 10.2 Å². The number of dihydropyridines is 1. The zero-order chi connectivity index (χ0) is 7.56. The van der Waals surface area contributed by atoms with E-state index in [-0.39, 0.29) is 11.3 Å². The number of aliphatic carboxylic acids is 1. The molecule has 0 amide bonds. The van der Waals surface area contributed by atoms with Crippen molar-refractivity contribution >= 4 is 5.97 Å². The lowest BCUT2D eigenvalue weighted by atomic mass is 10.2. The summed E-state index contributed by atoms with van der Waals surface area (Å²) < 4.78 is 0. The van der Waals surface area contributed by atoms with Crippen molar-refractivity contribution in [1.29, 1.82) is 0 Å². The molecule has 0 saturated heterocycles. The summed E-state index contributed by atoms with van der Waals surface area (Å²) in [5.74, 6) is -1.00. The number of carbonyl (C=O) groups is 1. The Bertz CT molecular complexity index is 217. The van der Waals surface area contributed by atoms with Gasteiger partial charge in [-0.15, -0.1) is 0 Å². The fraction of sp³-hybridized carbons (Fsp3) is 0.167. The molecule has 0 spiro atoms. The highest BCUT2D eigenvalue weighted by molar-refractivity contribution is 5.90. The Morgan fingerprint density at radius 3 is 2.80 bits per heavy atom. The van der Waals surface area contributed by atoms with Crippen molar-refractivity contribution in [1.82, 2.24) is 5.32 Å². The maximum atomic E-state index is 10.2. The lowest BCUT2D eigenvalue weighted by molar-refractivity contribution is -0.132. The normalized spacial score (nSPS) is 16.8. The summed E-state index contributed by atoms with van der Waals surface area (Å²) >= 11 is 0. The van der Waals surface area contributed by atoms with E-state index in [1.165, 1.54) is 12.3 Å². The molecule has 3 N–H and O–H groups in total. The zero-order valence-electron chi connectivity index (χ0n) is 5.16. The third-order valence-electron chi connectivity index (χ3n) is 1.11. The van der Waals surface area contributed by atoms with Crippen LogP contribution in [0.3, 0.4) is 0 Å². The third-order valence-corrected chi connectivity index (χ3v) is 1.11. The van der Waals surface area contributed by atoms with Gasteiger partial charge in [0.15, 0.2) is 0 Å². The van der Waals surface area contributed by atoms with Crippen LogP contribution in [0.4, 0.5) is 0 Å². The Morgan fingerprint density at radius 2 is 2.40 bits per heavy atom. The first-order valence-corrected chi connectivity index (χ1v) is 2.76. The minimum absolute atomic E-state index is 0.0416. The number of rotatable bonds is 1. The smallest absolute Gasteiger partial charge is 0.337 e. The van der Waals surface area contributed by atoms with Gasteiger partial charge in [-0.1, -0.05) is 0 Å². The Balaban J connectivity index is 2.79. The van der Waals surface area contributed by atoms with Gasteiger partial charge >= 0.3 is 5.97 Å². The molecule has 0 aromatic carbocycles. The Labute approximate surface area is 57.5 Å². The summed E-state index contributed by atoms with van der Waals surface area (Å²) in [6.07, 6.45) is 2.57. The molecule has 0 fully saturated rings. The van der Waals surface area contributed by atoms with E-state index in [9.17, 15) is 4.79 Å². The second-order valence-electron chi connectivity index (χ2n) is 1.92. The molecular formula is C6H7NO3. The minimum atomic E-state index is -1.04. The molecular weight excluding hydrogens is 134 g/mol. The van der Waals surface area contributed by atoms with Crippen LogP contribution in [0, 0.1) is 0 Å². The second kappa shape index (κ2) is 2.43. The molecule has 1 heterocycles. The Hall–Kier alpha value is -1.45. The number of hydrogen-bond donors (Lipinski definition) is 3. The highest BCUT2D eigenvalue weighted by Gasteiger charge is 2.08. The number of aliphatic hydroxyl groups is 1. The van der Waals surface area contributed by atoms with E-state index in [0.717, 1.165) is 0 Å². The Morgan fingerprint density at radius 1 is 1.70 bits per heavy atom. The number of carboxylic acid groups (broad SMARTS) is 1. The topological polar surface area (TPSA) is 69.6 Å². The van der Waals surface area contributed by atoms with E-state index in [0.29, 0.717) is 6.54 Å². The molecule has 0 aromatic rings. The lowest BCUT2D eigenvalue weighted by Crippen LogP contribution is -2.17. The van der Waals surface area contributed by atoms with E-state index >= 15 is 0 Å². The van der Waals surface area contributed by atoms with Crippen molar-refractivity contribution in [3.63, 3.8) is 0 Å². The SMILES string of the molecule is O=C(O)C1=CNCC(O)=C1. The number of carboxylic acids is 1. The molecule has 0 aromatic heterocycles. The first-order valence-electron chi connectivity index (χ1n) is 2.76. The first kappa shape index (κ1) is 6.67. The van der Waals surface area contributed by atoms with E-state index in [1.54, 1.807) is 0 Å². The van der Waals surface area contributed by atoms with Gasteiger partial charge in [0, 0.05) is 6.20 Å². The van der Waals surface area contributed by atoms with Crippen LogP contribution in [-0.4, -0.2) is 22.7 Å². The van der Waals surface area contributed by atoms with Crippen LogP contribution >= 0.6 is 0 Å². The average Bonchev–Trinajstić information content (AvgIpc) is 1.88. The van der Waals surface area contributed by atoms with E-state index in [1.807, 2.05) is 0 Å². The minimum Gasteiger partial charge on any atom is -0.510 e. The van der Waals surface area contributed by atoms with Gasteiger partial charge in [0.25, 0.3) is 0 Å². The van der Waals surface area contributed by atoms with Crippen LogP contribution in [0.15, 0.2) is 23.6 Å². The molecule has 54 valence electrons. The van der Waals surface area contributed by atoms with Gasteiger partial charge in [0.1, 0.15) is 5.76 Å². The van der Waals surface area contributed by atoms with Crippen molar-refractivity contribution in [3.05, 3.63) is 23.6 Å². The van der Waals surface area contributed by atoms with Gasteiger partial charge in [-0.3, -0.25) is 0 Å². The molecule has 0 aliphatic carbocycles. The van der Waals surface area contributed by atoms with Gasteiger partial charge in [0.05, 0.1) is 12.1 Å². The first-order chi connectivity index (χ1) is 4.70. The molecule has 0 radical (unpaired) electrons. The Kier molecular flexibility index (Phi) is 1.62. The van der Waals surface area contributed by atoms with Crippen LogP contribution in [0.5, 0.6) is 0 Å². The summed E-state index contributed by atoms with van der Waals surface area (Å²) in [4.78, 5) is 10.2. The lowest BCUT2D eigenvalue weighted by Gasteiger charge is -2.07. The molecule has 0 atom stereocenters. The number of nitrogens with one attached hydrogen (secondary N) is 1. The predicted octanol–water partition coefficient (Wildman–Crippen LogP) is -0.0000000000000000555. The molecule has 0 bridgehead atoms. The van der Waals surface area contributed by atoms with Gasteiger partial charge < -0.3 is 15.5 Å². The summed E-state index contributed by atoms with van der Waals surface area (Å²) in [7, 11) is 0. The molecule has 1 rings (SSSR count). The molecule has 1 aliphatic heterocycles. The third kappa shape index (κ3) is 1.28. The zero-order valence-corrected chi connectivity index (χ0v) is 5.16. The maximum Gasteiger partial charge on any atom is 0.337 e. The number of hydrogen-bond acceptors (Lipinski definition) is 3. The standard InChI is InChI=1S/C6H7NO3/c8-5-1-4(6(9)10)2-7-3-5/h1-2,7-8H,3H2,(H,9,10). The fourth-order valence-electron chi connectivity index (χ4n) is 0.661. The molecule has 4 heteroatoms. The molecule has 0 unspecified atom stereocenters. The van der Waals surface area contributed by atoms with Crippen molar-refractivity contribution in [3.8, 4) is 0 Å². The predicted molar refractivity (Wildman–Crippen MR) is 34.4 cm³/mol. The van der Waals surface area contributed by atoms with Gasteiger partial charge in [0.2, 0.25) is 0 Å².